The van der Waals surface area contributed by atoms with Crippen LogP contribution in [-0.4, -0.2) is 26.7 Å². The highest BCUT2D eigenvalue weighted by Crippen LogP contribution is 2.61. The maximum atomic E-state index is 12.7. The predicted octanol–water partition coefficient (Wildman–Crippen LogP) is 3.20. The van der Waals surface area contributed by atoms with E-state index in [2.05, 4.69) is 57.4 Å². The normalized spacial score (nSPS) is 26.5. The third-order valence-electron chi connectivity index (χ3n) is 7.21. The van der Waals surface area contributed by atoms with E-state index in [0.29, 0.717) is 40.0 Å². The van der Waals surface area contributed by atoms with Crippen LogP contribution in [0.4, 0.5) is 5.69 Å². The second-order valence-electron chi connectivity index (χ2n) is 9.17. The van der Waals surface area contributed by atoms with Crippen molar-refractivity contribution in [1.82, 2.24) is 20.1 Å². The molecular weight excluding hydrogens is 446 g/mol. The van der Waals surface area contributed by atoms with Crippen molar-refractivity contribution in [3.05, 3.63) is 51.1 Å². The molecule has 1 amide bonds. The van der Waals surface area contributed by atoms with Gasteiger partial charge in [0.1, 0.15) is 11.0 Å². The molecule has 2 aromatic rings. The quantitative estimate of drug-likeness (QED) is 0.672. The number of nitrogens with one attached hydrogen (secondary N) is 2. The smallest absolute Gasteiger partial charge is 0.283 e. The SMILES string of the molecule is C[C@H]1[C@H]2C[C@H](C[C@H]1Nc1cnn(CC(=O)NCc3ccncc3)c(=O)c1Br)C2(C)C. The molecular formula is C22H28BrN5O2. The van der Waals surface area contributed by atoms with Gasteiger partial charge in [-0.1, -0.05) is 20.8 Å². The number of hydrogen-bond acceptors (Lipinski definition) is 5. The fraction of sp³-hybridized carbons (Fsp3) is 0.545. The number of carbonyl (C=O) groups is 1. The molecule has 4 atom stereocenters. The van der Waals surface area contributed by atoms with Gasteiger partial charge < -0.3 is 10.6 Å². The molecule has 3 aliphatic rings. The Bertz CT molecular complexity index is 991. The van der Waals surface area contributed by atoms with Crippen molar-refractivity contribution in [3.8, 4) is 0 Å². The van der Waals surface area contributed by atoms with Gasteiger partial charge in [0.15, 0.2) is 0 Å². The Kier molecular flexibility index (Phi) is 5.70. The molecule has 0 unspecified atom stereocenters. The zero-order valence-electron chi connectivity index (χ0n) is 17.6. The first-order valence-corrected chi connectivity index (χ1v) is 11.2. The van der Waals surface area contributed by atoms with E-state index in [1.165, 1.54) is 11.1 Å². The highest BCUT2D eigenvalue weighted by molar-refractivity contribution is 9.10. The molecule has 30 heavy (non-hydrogen) atoms. The summed E-state index contributed by atoms with van der Waals surface area (Å²) in [6, 6.07) is 4.00. The van der Waals surface area contributed by atoms with Crippen molar-refractivity contribution in [2.45, 2.75) is 52.7 Å². The molecule has 5 rings (SSSR count). The highest BCUT2D eigenvalue weighted by Gasteiger charge is 2.56. The van der Waals surface area contributed by atoms with Gasteiger partial charge in [0.25, 0.3) is 5.56 Å². The first-order chi connectivity index (χ1) is 14.3. The number of anilines is 1. The fourth-order valence-electron chi connectivity index (χ4n) is 5.11. The standard InChI is InChI=1S/C22H28BrN5O2/c1-13-16-8-15(22(16,2)3)9-17(13)27-18-11-26-28(21(30)20(18)23)12-19(29)25-10-14-4-6-24-7-5-14/h4-7,11,13,15-17,27H,8-10,12H2,1-3H3,(H,25,29)/t13-,15+,16+,17+/m0/s1. The predicted molar refractivity (Wildman–Crippen MR) is 119 cm³/mol. The molecule has 3 aliphatic carbocycles. The van der Waals surface area contributed by atoms with Crippen LogP contribution in [0.15, 0.2) is 40.0 Å². The van der Waals surface area contributed by atoms with E-state index in [1.807, 2.05) is 12.1 Å². The first kappa shape index (κ1) is 21.0. The van der Waals surface area contributed by atoms with Crippen molar-refractivity contribution in [2.24, 2.45) is 23.2 Å². The lowest BCUT2D eigenvalue weighted by atomic mass is 9.45. The van der Waals surface area contributed by atoms with Crippen LogP contribution in [0.2, 0.25) is 0 Å². The van der Waals surface area contributed by atoms with Crippen LogP contribution in [0, 0.1) is 23.2 Å². The Labute approximate surface area is 184 Å². The van der Waals surface area contributed by atoms with Crippen LogP contribution >= 0.6 is 15.9 Å². The molecule has 8 heteroatoms. The summed E-state index contributed by atoms with van der Waals surface area (Å²) in [5, 5.41) is 10.6. The summed E-state index contributed by atoms with van der Waals surface area (Å²) in [6.07, 6.45) is 7.40. The largest absolute Gasteiger partial charge is 0.380 e. The lowest BCUT2D eigenvalue weighted by Crippen LogP contribution is -2.58. The Balaban J connectivity index is 1.39. The number of hydrogen-bond donors (Lipinski definition) is 2. The lowest BCUT2D eigenvalue weighted by molar-refractivity contribution is -0.122. The summed E-state index contributed by atoms with van der Waals surface area (Å²) in [7, 11) is 0. The van der Waals surface area contributed by atoms with Crippen LogP contribution in [0.25, 0.3) is 0 Å². The van der Waals surface area contributed by atoms with Gasteiger partial charge in [-0.2, -0.15) is 5.10 Å². The van der Waals surface area contributed by atoms with Crippen molar-refractivity contribution in [3.63, 3.8) is 0 Å². The molecule has 0 spiro atoms. The van der Waals surface area contributed by atoms with Crippen LogP contribution in [0.1, 0.15) is 39.2 Å². The van der Waals surface area contributed by atoms with Crippen molar-refractivity contribution in [2.75, 3.05) is 5.32 Å². The minimum absolute atomic E-state index is 0.124. The van der Waals surface area contributed by atoms with Crippen LogP contribution < -0.4 is 16.2 Å². The van der Waals surface area contributed by atoms with Gasteiger partial charge in [0.05, 0.1) is 11.9 Å². The number of fused-ring (bicyclic) bond motifs is 2. The highest BCUT2D eigenvalue weighted by atomic mass is 79.9. The summed E-state index contributed by atoms with van der Waals surface area (Å²) >= 11 is 3.42. The molecule has 2 heterocycles. The summed E-state index contributed by atoms with van der Waals surface area (Å²) in [5.41, 5.74) is 1.75. The monoisotopic (exact) mass is 473 g/mol. The van der Waals surface area contributed by atoms with Crippen LogP contribution in [0.5, 0.6) is 0 Å². The minimum Gasteiger partial charge on any atom is -0.380 e. The molecule has 160 valence electrons. The topological polar surface area (TPSA) is 88.9 Å². The third kappa shape index (κ3) is 3.89. The lowest BCUT2D eigenvalue weighted by Gasteiger charge is -2.62. The van der Waals surface area contributed by atoms with Gasteiger partial charge in [-0.25, -0.2) is 4.68 Å². The van der Waals surface area contributed by atoms with Crippen molar-refractivity contribution in [1.29, 1.82) is 0 Å². The Morgan fingerprint density at radius 1 is 1.30 bits per heavy atom. The second-order valence-corrected chi connectivity index (χ2v) is 9.97. The van der Waals surface area contributed by atoms with E-state index in [1.54, 1.807) is 18.6 Å². The summed E-state index contributed by atoms with van der Waals surface area (Å²) < 4.78 is 1.60. The van der Waals surface area contributed by atoms with E-state index in [9.17, 15) is 9.59 Å². The molecule has 3 saturated carbocycles. The Hall–Kier alpha value is -2.22. The number of amides is 1. The maximum absolute atomic E-state index is 12.7. The summed E-state index contributed by atoms with van der Waals surface area (Å²) in [5.74, 6) is 1.72. The molecule has 0 radical (unpaired) electrons. The maximum Gasteiger partial charge on any atom is 0.283 e. The van der Waals surface area contributed by atoms with Crippen molar-refractivity contribution >= 4 is 27.5 Å². The number of halogens is 1. The van der Waals surface area contributed by atoms with Gasteiger partial charge in [-0.3, -0.25) is 14.6 Å². The average Bonchev–Trinajstić information content (AvgIpc) is 2.73. The molecule has 2 N–H and O–H groups in total. The van der Waals surface area contributed by atoms with E-state index in [0.717, 1.165) is 17.9 Å². The number of nitrogens with zero attached hydrogens (tertiary/aromatic N) is 3. The van der Waals surface area contributed by atoms with E-state index < -0.39 is 0 Å². The molecule has 7 nitrogen and oxygen atoms in total. The van der Waals surface area contributed by atoms with Crippen LogP contribution in [0.3, 0.4) is 0 Å². The number of pyridine rings is 1. The molecule has 0 aromatic carbocycles. The number of carbonyl (C=O) groups excluding carboxylic acids is 1. The molecule has 2 bridgehead atoms. The Morgan fingerprint density at radius 2 is 2.03 bits per heavy atom. The minimum atomic E-state index is -0.312. The summed E-state index contributed by atoms with van der Waals surface area (Å²) in [4.78, 5) is 28.9. The molecule has 2 aromatic heterocycles. The zero-order chi connectivity index (χ0) is 21.5. The van der Waals surface area contributed by atoms with Gasteiger partial charge in [-0.05, 0) is 69.6 Å². The second kappa shape index (κ2) is 8.13. The number of aromatic nitrogens is 3. The van der Waals surface area contributed by atoms with E-state index in [4.69, 9.17) is 0 Å². The van der Waals surface area contributed by atoms with E-state index >= 15 is 0 Å². The van der Waals surface area contributed by atoms with Gasteiger partial charge in [0.2, 0.25) is 5.91 Å². The first-order valence-electron chi connectivity index (χ1n) is 10.4. The molecule has 0 aliphatic heterocycles. The molecule has 3 fully saturated rings. The van der Waals surface area contributed by atoms with Gasteiger partial charge >= 0.3 is 0 Å². The number of rotatable bonds is 6. The summed E-state index contributed by atoms with van der Waals surface area (Å²) in [6.45, 7) is 7.30. The third-order valence-corrected chi connectivity index (χ3v) is 7.98. The van der Waals surface area contributed by atoms with Crippen LogP contribution in [-0.2, 0) is 17.9 Å². The van der Waals surface area contributed by atoms with Crippen molar-refractivity contribution < 1.29 is 4.79 Å². The molecule has 0 saturated heterocycles. The Morgan fingerprint density at radius 3 is 2.70 bits per heavy atom. The zero-order valence-corrected chi connectivity index (χ0v) is 19.1. The van der Waals surface area contributed by atoms with E-state index in [-0.39, 0.29) is 18.0 Å². The average molecular weight is 474 g/mol. The van der Waals surface area contributed by atoms with Gasteiger partial charge in [0, 0.05) is 25.0 Å². The fourth-order valence-corrected chi connectivity index (χ4v) is 5.53. The van der Waals surface area contributed by atoms with Gasteiger partial charge in [-0.15, -0.1) is 0 Å².